The third-order valence-corrected chi connectivity index (χ3v) is 4.57. The molecule has 0 bridgehead atoms. The van der Waals surface area contributed by atoms with Gasteiger partial charge in [-0.2, -0.15) is 0 Å². The Morgan fingerprint density at radius 1 is 1.12 bits per heavy atom. The first-order valence-corrected chi connectivity index (χ1v) is 8.74. The van der Waals surface area contributed by atoms with E-state index in [0.29, 0.717) is 11.7 Å². The highest BCUT2D eigenvalue weighted by Crippen LogP contribution is 2.22. The molecule has 0 aliphatic rings. The molecule has 0 radical (unpaired) electrons. The van der Waals surface area contributed by atoms with E-state index < -0.39 is 0 Å². The van der Waals surface area contributed by atoms with Crippen LogP contribution in [0, 0.1) is 13.8 Å². The van der Waals surface area contributed by atoms with Crippen molar-refractivity contribution in [3.63, 3.8) is 0 Å². The molecule has 134 valence electrons. The minimum absolute atomic E-state index is 0.189. The number of nitrogens with one attached hydrogen (secondary N) is 2. The number of anilines is 1. The Balaban J connectivity index is 2.00. The standard InChI is InChI=1S/C20H27N3OS/c1-14-9-10-17(11-15(14)2)22-20(25)21-13-19(23(3)4)16-7-6-8-18(12-16)24-5/h6-12,19H,13H2,1-5H3,(H2,21,22,25)/t19-/m1/s1. The zero-order valence-electron chi connectivity index (χ0n) is 15.6. The molecule has 0 saturated carbocycles. The first kappa shape index (κ1) is 19.2. The van der Waals surface area contributed by atoms with Crippen molar-refractivity contribution in [1.29, 1.82) is 0 Å². The second-order valence-corrected chi connectivity index (χ2v) is 6.80. The van der Waals surface area contributed by atoms with Crippen LogP contribution >= 0.6 is 12.2 Å². The Morgan fingerprint density at radius 2 is 1.88 bits per heavy atom. The van der Waals surface area contributed by atoms with Crippen LogP contribution in [0.3, 0.4) is 0 Å². The fourth-order valence-corrected chi connectivity index (χ4v) is 2.83. The number of rotatable bonds is 6. The van der Waals surface area contributed by atoms with Crippen molar-refractivity contribution < 1.29 is 4.74 Å². The van der Waals surface area contributed by atoms with Crippen molar-refractivity contribution in [2.24, 2.45) is 0 Å². The highest BCUT2D eigenvalue weighted by molar-refractivity contribution is 7.80. The number of nitrogens with zero attached hydrogens (tertiary/aromatic N) is 1. The van der Waals surface area contributed by atoms with Gasteiger partial charge in [-0.05, 0) is 81.1 Å². The van der Waals surface area contributed by atoms with Gasteiger partial charge in [-0.25, -0.2) is 0 Å². The van der Waals surface area contributed by atoms with Crippen molar-refractivity contribution in [1.82, 2.24) is 10.2 Å². The molecule has 0 saturated heterocycles. The largest absolute Gasteiger partial charge is 0.497 e. The Labute approximate surface area is 156 Å². The Hall–Kier alpha value is -2.11. The number of thiocarbonyl (C=S) groups is 1. The van der Waals surface area contributed by atoms with Crippen molar-refractivity contribution in [2.75, 3.05) is 33.1 Å². The quantitative estimate of drug-likeness (QED) is 0.767. The van der Waals surface area contributed by atoms with Gasteiger partial charge in [0.15, 0.2) is 5.11 Å². The summed E-state index contributed by atoms with van der Waals surface area (Å²) in [5.41, 5.74) is 4.71. The van der Waals surface area contributed by atoms with E-state index in [4.69, 9.17) is 17.0 Å². The van der Waals surface area contributed by atoms with Gasteiger partial charge in [-0.3, -0.25) is 0 Å². The number of hydrogen-bond acceptors (Lipinski definition) is 3. The molecule has 2 rings (SSSR count). The third-order valence-electron chi connectivity index (χ3n) is 4.32. The molecule has 0 unspecified atom stereocenters. The summed E-state index contributed by atoms with van der Waals surface area (Å²) in [5.74, 6) is 0.861. The summed E-state index contributed by atoms with van der Waals surface area (Å²) < 4.78 is 5.33. The molecule has 2 aromatic rings. The number of methoxy groups -OCH3 is 1. The van der Waals surface area contributed by atoms with Crippen LogP contribution in [0.4, 0.5) is 5.69 Å². The van der Waals surface area contributed by atoms with Crippen LogP contribution in [-0.4, -0.2) is 37.8 Å². The summed E-state index contributed by atoms with van der Waals surface area (Å²) in [6.07, 6.45) is 0. The van der Waals surface area contributed by atoms with Gasteiger partial charge in [-0.15, -0.1) is 0 Å². The molecular formula is C20H27N3OS. The number of benzene rings is 2. The predicted octanol–water partition coefficient (Wildman–Crippen LogP) is 3.90. The molecule has 0 aromatic heterocycles. The van der Waals surface area contributed by atoms with Gasteiger partial charge in [0.2, 0.25) is 0 Å². The summed E-state index contributed by atoms with van der Waals surface area (Å²) in [5, 5.41) is 7.20. The lowest BCUT2D eigenvalue weighted by molar-refractivity contribution is 0.298. The molecule has 0 amide bonds. The lowest BCUT2D eigenvalue weighted by Gasteiger charge is -2.26. The highest BCUT2D eigenvalue weighted by Gasteiger charge is 2.15. The van der Waals surface area contributed by atoms with Crippen LogP contribution in [0.5, 0.6) is 5.75 Å². The van der Waals surface area contributed by atoms with E-state index in [1.165, 1.54) is 16.7 Å². The molecule has 0 aliphatic heterocycles. The minimum Gasteiger partial charge on any atom is -0.497 e. The van der Waals surface area contributed by atoms with Crippen molar-refractivity contribution in [3.8, 4) is 5.75 Å². The maximum atomic E-state index is 5.45. The molecule has 5 heteroatoms. The molecule has 25 heavy (non-hydrogen) atoms. The molecule has 0 heterocycles. The second-order valence-electron chi connectivity index (χ2n) is 6.39. The maximum Gasteiger partial charge on any atom is 0.170 e. The maximum absolute atomic E-state index is 5.45. The van der Waals surface area contributed by atoms with Gasteiger partial charge in [0.25, 0.3) is 0 Å². The van der Waals surface area contributed by atoms with Crippen molar-refractivity contribution >= 4 is 23.0 Å². The first-order valence-electron chi connectivity index (χ1n) is 8.33. The van der Waals surface area contributed by atoms with Crippen molar-refractivity contribution in [3.05, 3.63) is 59.2 Å². The van der Waals surface area contributed by atoms with Crippen molar-refractivity contribution in [2.45, 2.75) is 19.9 Å². The fraction of sp³-hybridized carbons (Fsp3) is 0.350. The van der Waals surface area contributed by atoms with Gasteiger partial charge in [0.05, 0.1) is 13.2 Å². The van der Waals surface area contributed by atoms with Gasteiger partial charge < -0.3 is 20.3 Å². The molecular weight excluding hydrogens is 330 g/mol. The smallest absolute Gasteiger partial charge is 0.170 e. The average molecular weight is 358 g/mol. The fourth-order valence-electron chi connectivity index (χ4n) is 2.63. The van der Waals surface area contributed by atoms with Gasteiger partial charge in [0, 0.05) is 12.2 Å². The molecule has 0 spiro atoms. The van der Waals surface area contributed by atoms with Crippen LogP contribution in [-0.2, 0) is 0 Å². The van der Waals surface area contributed by atoms with Gasteiger partial charge in [-0.1, -0.05) is 18.2 Å². The Bertz CT molecular complexity index is 731. The summed E-state index contributed by atoms with van der Waals surface area (Å²) in [6, 6.07) is 14.6. The van der Waals surface area contributed by atoms with Gasteiger partial charge >= 0.3 is 0 Å². The van der Waals surface area contributed by atoms with Crippen LogP contribution in [0.25, 0.3) is 0 Å². The van der Waals surface area contributed by atoms with E-state index >= 15 is 0 Å². The molecule has 0 aliphatic carbocycles. The predicted molar refractivity (Wildman–Crippen MR) is 110 cm³/mol. The Kier molecular flexibility index (Phi) is 6.79. The van der Waals surface area contributed by atoms with Crippen LogP contribution < -0.4 is 15.4 Å². The summed E-state index contributed by atoms with van der Waals surface area (Å²) >= 11 is 5.45. The van der Waals surface area contributed by atoms with Crippen LogP contribution in [0.2, 0.25) is 0 Å². The molecule has 4 nitrogen and oxygen atoms in total. The SMILES string of the molecule is COc1cccc([C@@H](CNC(=S)Nc2ccc(C)c(C)c2)N(C)C)c1. The first-order chi connectivity index (χ1) is 11.9. The lowest BCUT2D eigenvalue weighted by atomic mass is 10.1. The summed E-state index contributed by atoms with van der Waals surface area (Å²) in [7, 11) is 5.81. The van der Waals surface area contributed by atoms with E-state index in [-0.39, 0.29) is 6.04 Å². The molecule has 2 N–H and O–H groups in total. The Morgan fingerprint density at radius 3 is 2.52 bits per heavy atom. The van der Waals surface area contributed by atoms with E-state index in [9.17, 15) is 0 Å². The monoisotopic (exact) mass is 357 g/mol. The van der Waals surface area contributed by atoms with E-state index in [2.05, 4.69) is 67.7 Å². The lowest BCUT2D eigenvalue weighted by Crippen LogP contribution is -2.36. The van der Waals surface area contributed by atoms with Crippen LogP contribution in [0.1, 0.15) is 22.7 Å². The molecule has 1 atom stereocenters. The molecule has 0 fully saturated rings. The van der Waals surface area contributed by atoms with Crippen LogP contribution in [0.15, 0.2) is 42.5 Å². The van der Waals surface area contributed by atoms with E-state index in [0.717, 1.165) is 11.4 Å². The zero-order chi connectivity index (χ0) is 18.4. The highest BCUT2D eigenvalue weighted by atomic mass is 32.1. The number of aryl methyl sites for hydroxylation is 2. The minimum atomic E-state index is 0.189. The topological polar surface area (TPSA) is 36.5 Å². The third kappa shape index (κ3) is 5.44. The van der Waals surface area contributed by atoms with E-state index in [1.807, 2.05) is 18.2 Å². The number of ether oxygens (including phenoxy) is 1. The summed E-state index contributed by atoms with van der Waals surface area (Å²) in [4.78, 5) is 2.17. The number of likely N-dealkylation sites (N-methyl/N-ethyl adjacent to an activating group) is 1. The van der Waals surface area contributed by atoms with E-state index in [1.54, 1.807) is 7.11 Å². The normalized spacial score (nSPS) is 11.9. The second kappa shape index (κ2) is 8.83. The molecule has 2 aromatic carbocycles. The zero-order valence-corrected chi connectivity index (χ0v) is 16.4. The number of hydrogen-bond donors (Lipinski definition) is 2. The summed E-state index contributed by atoms with van der Waals surface area (Å²) in [6.45, 7) is 4.91. The average Bonchev–Trinajstić information content (AvgIpc) is 2.58. The van der Waals surface area contributed by atoms with Gasteiger partial charge in [0.1, 0.15) is 5.75 Å².